The largest absolute Gasteiger partial charge is 0.505 e. The summed E-state index contributed by atoms with van der Waals surface area (Å²) < 4.78 is 27.4. The monoisotopic (exact) mass is 309 g/mol. The number of hydrogen-bond donors (Lipinski definition) is 1. The highest BCUT2D eigenvalue weighted by atomic mass is 32.1. The minimum absolute atomic E-state index is 0.00726. The lowest BCUT2D eigenvalue weighted by Gasteiger charge is -2.26. The van der Waals surface area contributed by atoms with Gasteiger partial charge < -0.3 is 5.11 Å². The Bertz CT molecular complexity index is 752. The molecule has 0 saturated heterocycles. The zero-order valence-electron chi connectivity index (χ0n) is 11.5. The van der Waals surface area contributed by atoms with E-state index in [0.717, 1.165) is 17.4 Å². The maximum Gasteiger partial charge on any atom is 0.201 e. The number of rotatable bonds is 1. The SMILES string of the molecule is CC1(C)CCc2nc(-c3ccc(O)c(F)c3F)sc2C1=O. The summed E-state index contributed by atoms with van der Waals surface area (Å²) in [4.78, 5) is 17.2. The van der Waals surface area contributed by atoms with Crippen LogP contribution in [0.1, 0.15) is 35.6 Å². The third kappa shape index (κ3) is 2.14. The highest BCUT2D eigenvalue weighted by Gasteiger charge is 2.37. The van der Waals surface area contributed by atoms with Gasteiger partial charge in [-0.05, 0) is 25.0 Å². The number of phenolic OH excluding ortho intramolecular Hbond substituents is 1. The van der Waals surface area contributed by atoms with Crippen molar-refractivity contribution in [2.45, 2.75) is 26.7 Å². The Morgan fingerprint density at radius 3 is 2.71 bits per heavy atom. The van der Waals surface area contributed by atoms with Gasteiger partial charge in [0.15, 0.2) is 17.3 Å². The Morgan fingerprint density at radius 2 is 2.00 bits per heavy atom. The van der Waals surface area contributed by atoms with Gasteiger partial charge in [0.1, 0.15) is 5.01 Å². The quantitative estimate of drug-likeness (QED) is 0.868. The van der Waals surface area contributed by atoms with E-state index in [4.69, 9.17) is 5.11 Å². The minimum Gasteiger partial charge on any atom is -0.505 e. The fraction of sp³-hybridized carbons (Fsp3) is 0.333. The molecule has 1 heterocycles. The number of benzene rings is 1. The first-order valence-corrected chi connectivity index (χ1v) is 7.35. The van der Waals surface area contributed by atoms with Crippen LogP contribution in [0.4, 0.5) is 8.78 Å². The summed E-state index contributed by atoms with van der Waals surface area (Å²) in [5.74, 6) is -3.19. The topological polar surface area (TPSA) is 50.2 Å². The standard InChI is InChI=1S/C15H13F2NO2S/c1-15(2)6-5-8-12(13(15)20)21-14(18-8)7-3-4-9(19)11(17)10(7)16/h3-4,19H,5-6H2,1-2H3. The number of ketones is 1. The second-order valence-corrected chi connectivity index (χ2v) is 6.77. The van der Waals surface area contributed by atoms with Crippen molar-refractivity contribution >= 4 is 17.1 Å². The van der Waals surface area contributed by atoms with Crippen molar-refractivity contribution in [1.82, 2.24) is 4.98 Å². The van der Waals surface area contributed by atoms with Gasteiger partial charge in [0.25, 0.3) is 0 Å². The van der Waals surface area contributed by atoms with Gasteiger partial charge in [-0.3, -0.25) is 4.79 Å². The van der Waals surface area contributed by atoms with E-state index in [0.29, 0.717) is 23.4 Å². The van der Waals surface area contributed by atoms with Gasteiger partial charge in [-0.1, -0.05) is 13.8 Å². The molecule has 1 N–H and O–H groups in total. The first kappa shape index (κ1) is 14.1. The predicted molar refractivity (Wildman–Crippen MR) is 75.6 cm³/mol. The molecule has 1 aliphatic rings. The van der Waals surface area contributed by atoms with Gasteiger partial charge in [-0.25, -0.2) is 9.37 Å². The molecule has 0 amide bonds. The number of carbonyl (C=O) groups excluding carboxylic acids is 1. The lowest BCUT2D eigenvalue weighted by molar-refractivity contribution is 0.0815. The van der Waals surface area contributed by atoms with Crippen molar-refractivity contribution in [3.05, 3.63) is 34.3 Å². The fourth-order valence-corrected chi connectivity index (χ4v) is 3.62. The number of carbonyl (C=O) groups is 1. The van der Waals surface area contributed by atoms with E-state index in [1.165, 1.54) is 6.07 Å². The average Bonchev–Trinajstić information content (AvgIpc) is 2.85. The smallest absolute Gasteiger partial charge is 0.201 e. The molecule has 0 aliphatic heterocycles. The molecule has 3 nitrogen and oxygen atoms in total. The highest BCUT2D eigenvalue weighted by molar-refractivity contribution is 7.17. The fourth-order valence-electron chi connectivity index (χ4n) is 2.37. The van der Waals surface area contributed by atoms with Crippen molar-refractivity contribution < 1.29 is 18.7 Å². The van der Waals surface area contributed by atoms with Crippen LogP contribution in [-0.2, 0) is 6.42 Å². The van der Waals surface area contributed by atoms with E-state index in [2.05, 4.69) is 4.98 Å². The number of halogens is 2. The van der Waals surface area contributed by atoms with Crippen molar-refractivity contribution in [1.29, 1.82) is 0 Å². The summed E-state index contributed by atoms with van der Waals surface area (Å²) >= 11 is 1.08. The van der Waals surface area contributed by atoms with Crippen LogP contribution in [0.5, 0.6) is 5.75 Å². The summed E-state index contributed by atoms with van der Waals surface area (Å²) in [7, 11) is 0. The van der Waals surface area contributed by atoms with Crippen LogP contribution in [0, 0.1) is 17.0 Å². The number of phenols is 1. The second-order valence-electron chi connectivity index (χ2n) is 5.77. The van der Waals surface area contributed by atoms with Gasteiger partial charge in [-0.2, -0.15) is 4.39 Å². The summed E-state index contributed by atoms with van der Waals surface area (Å²) in [5, 5.41) is 9.42. The molecule has 1 aliphatic carbocycles. The lowest BCUT2D eigenvalue weighted by Crippen LogP contribution is -2.29. The molecule has 0 spiro atoms. The van der Waals surface area contributed by atoms with Gasteiger partial charge in [0, 0.05) is 11.0 Å². The van der Waals surface area contributed by atoms with Crippen molar-refractivity contribution in [2.24, 2.45) is 5.41 Å². The number of aromatic hydroxyl groups is 1. The molecule has 0 atom stereocenters. The summed E-state index contributed by atoms with van der Waals surface area (Å²) in [6.07, 6.45) is 1.33. The molecule has 0 radical (unpaired) electrons. The van der Waals surface area contributed by atoms with Crippen molar-refractivity contribution in [2.75, 3.05) is 0 Å². The van der Waals surface area contributed by atoms with Crippen LogP contribution in [0.3, 0.4) is 0 Å². The number of hydrogen-bond acceptors (Lipinski definition) is 4. The third-order valence-electron chi connectivity index (χ3n) is 3.80. The van der Waals surface area contributed by atoms with Gasteiger partial charge in [-0.15, -0.1) is 11.3 Å². The number of Topliss-reactive ketones (excluding diaryl/α,β-unsaturated/α-hetero) is 1. The van der Waals surface area contributed by atoms with Gasteiger partial charge >= 0.3 is 0 Å². The van der Waals surface area contributed by atoms with Crippen LogP contribution in [0.2, 0.25) is 0 Å². The first-order chi connectivity index (χ1) is 9.81. The third-order valence-corrected chi connectivity index (χ3v) is 4.93. The van der Waals surface area contributed by atoms with E-state index in [9.17, 15) is 13.6 Å². The van der Waals surface area contributed by atoms with Gasteiger partial charge in [0.05, 0.1) is 10.6 Å². The first-order valence-electron chi connectivity index (χ1n) is 6.53. The van der Waals surface area contributed by atoms with Crippen molar-refractivity contribution in [3.63, 3.8) is 0 Å². The lowest BCUT2D eigenvalue weighted by atomic mass is 9.78. The van der Waals surface area contributed by atoms with E-state index in [-0.39, 0.29) is 16.4 Å². The van der Waals surface area contributed by atoms with E-state index in [1.807, 2.05) is 13.8 Å². The maximum absolute atomic E-state index is 13.9. The molecule has 0 fully saturated rings. The molecule has 3 rings (SSSR count). The summed E-state index contributed by atoms with van der Waals surface area (Å²) in [6, 6.07) is 2.35. The Morgan fingerprint density at radius 1 is 1.29 bits per heavy atom. The predicted octanol–water partition coefficient (Wildman–Crippen LogP) is 3.95. The molecule has 2 aromatic rings. The zero-order valence-corrected chi connectivity index (χ0v) is 12.4. The number of aryl methyl sites for hydroxylation is 1. The minimum atomic E-state index is -1.30. The summed E-state index contributed by atoms with van der Waals surface area (Å²) in [5.41, 5.74) is 0.165. The molecule has 0 unspecified atom stereocenters. The second kappa shape index (κ2) is 4.59. The number of nitrogens with zero attached hydrogens (tertiary/aromatic N) is 1. The molecule has 0 bridgehead atoms. The van der Waals surface area contributed by atoms with Crippen LogP contribution in [0.15, 0.2) is 12.1 Å². The summed E-state index contributed by atoms with van der Waals surface area (Å²) in [6.45, 7) is 3.75. The van der Waals surface area contributed by atoms with E-state index >= 15 is 0 Å². The molecular weight excluding hydrogens is 296 g/mol. The maximum atomic E-state index is 13.9. The molecule has 1 aromatic carbocycles. The normalized spacial score (nSPS) is 16.9. The van der Waals surface area contributed by atoms with Crippen molar-refractivity contribution in [3.8, 4) is 16.3 Å². The molecule has 21 heavy (non-hydrogen) atoms. The number of fused-ring (bicyclic) bond motifs is 1. The van der Waals surface area contributed by atoms with Crippen LogP contribution >= 0.6 is 11.3 Å². The van der Waals surface area contributed by atoms with Crippen LogP contribution < -0.4 is 0 Å². The Balaban J connectivity index is 2.12. The molecule has 110 valence electrons. The Kier molecular flexibility index (Phi) is 3.09. The Labute approximate surface area is 124 Å². The van der Waals surface area contributed by atoms with E-state index < -0.39 is 22.8 Å². The Hall–Kier alpha value is -1.82. The van der Waals surface area contributed by atoms with Crippen LogP contribution in [0.25, 0.3) is 10.6 Å². The number of thiazole rings is 1. The van der Waals surface area contributed by atoms with Crippen LogP contribution in [-0.4, -0.2) is 15.9 Å². The molecule has 6 heteroatoms. The number of aromatic nitrogens is 1. The van der Waals surface area contributed by atoms with Gasteiger partial charge in [0.2, 0.25) is 5.82 Å². The molecule has 0 saturated carbocycles. The molecule has 1 aromatic heterocycles. The highest BCUT2D eigenvalue weighted by Crippen LogP contribution is 2.40. The average molecular weight is 309 g/mol. The molecular formula is C15H13F2NO2S. The van der Waals surface area contributed by atoms with E-state index in [1.54, 1.807) is 0 Å². The zero-order chi connectivity index (χ0) is 15.4.